The van der Waals surface area contributed by atoms with Crippen LogP contribution in [0.1, 0.15) is 6.42 Å². The van der Waals surface area contributed by atoms with Crippen LogP contribution in [0.5, 0.6) is 0 Å². The number of amides is 3. The third-order valence-corrected chi connectivity index (χ3v) is 6.84. The third kappa shape index (κ3) is 2.29. The zero-order valence-electron chi connectivity index (χ0n) is 13.4. The lowest BCUT2D eigenvalue weighted by Gasteiger charge is -2.37. The fraction of sp³-hybridized carbons (Fsp3) is 0.421. The van der Waals surface area contributed by atoms with Crippen LogP contribution in [0.25, 0.3) is 0 Å². The summed E-state index contributed by atoms with van der Waals surface area (Å²) < 4.78 is 1.01. The molecule has 6 rings (SSSR count). The minimum atomic E-state index is -0.326. The standard InChI is InChI=1S/C19H17IN2O3/c20-9-2-1-3-10(6-9)21-15(23)8-22-18(24)16-11-4-5-12(14-7-13(11)14)17(16)19(22)25/h1-6,11-14,16-17H,7-8H2,(H,21,23)/t11-,12-,13-,14-,16-,17+/m0/s1. The zero-order chi connectivity index (χ0) is 17.3. The van der Waals surface area contributed by atoms with Crippen molar-refractivity contribution in [3.05, 3.63) is 40.0 Å². The van der Waals surface area contributed by atoms with Crippen LogP contribution in [0.2, 0.25) is 0 Å². The van der Waals surface area contributed by atoms with Crippen molar-refractivity contribution in [3.63, 3.8) is 0 Å². The monoisotopic (exact) mass is 448 g/mol. The highest BCUT2D eigenvalue weighted by atomic mass is 127. The zero-order valence-corrected chi connectivity index (χ0v) is 15.5. The van der Waals surface area contributed by atoms with Crippen LogP contribution in [0.15, 0.2) is 36.4 Å². The number of hydrogen-bond acceptors (Lipinski definition) is 3. The second kappa shape index (κ2) is 5.40. The Hall–Kier alpha value is -1.70. The van der Waals surface area contributed by atoms with Crippen LogP contribution in [0.4, 0.5) is 5.69 Å². The Kier molecular flexibility index (Phi) is 3.36. The van der Waals surface area contributed by atoms with Crippen LogP contribution in [0, 0.1) is 39.1 Å². The molecule has 25 heavy (non-hydrogen) atoms. The molecule has 0 radical (unpaired) electrons. The molecule has 5 nitrogen and oxygen atoms in total. The first-order chi connectivity index (χ1) is 12.0. The molecule has 3 fully saturated rings. The second-order valence-electron chi connectivity index (χ2n) is 7.48. The smallest absolute Gasteiger partial charge is 0.244 e. The number of benzene rings is 1. The molecule has 0 spiro atoms. The van der Waals surface area contributed by atoms with Crippen molar-refractivity contribution in [3.8, 4) is 0 Å². The van der Waals surface area contributed by atoms with Crippen molar-refractivity contribution in [1.82, 2.24) is 4.90 Å². The van der Waals surface area contributed by atoms with Gasteiger partial charge in [-0.2, -0.15) is 0 Å². The minimum Gasteiger partial charge on any atom is -0.324 e. The van der Waals surface area contributed by atoms with Crippen LogP contribution < -0.4 is 5.32 Å². The molecule has 2 saturated carbocycles. The molecule has 6 heteroatoms. The fourth-order valence-corrected chi connectivity index (χ4v) is 5.63. The Bertz CT molecular complexity index is 800. The molecule has 4 aliphatic carbocycles. The van der Waals surface area contributed by atoms with Crippen molar-refractivity contribution in [2.45, 2.75) is 6.42 Å². The van der Waals surface area contributed by atoms with E-state index in [0.717, 1.165) is 9.99 Å². The van der Waals surface area contributed by atoms with E-state index in [1.54, 1.807) is 6.07 Å². The number of carbonyl (C=O) groups excluding carboxylic acids is 3. The number of allylic oxidation sites excluding steroid dienone is 2. The first-order valence-corrected chi connectivity index (χ1v) is 9.71. The second-order valence-corrected chi connectivity index (χ2v) is 8.72. The molecule has 128 valence electrons. The maximum atomic E-state index is 12.8. The molecule has 2 bridgehead atoms. The van der Waals surface area contributed by atoms with Gasteiger partial charge in [0, 0.05) is 9.26 Å². The van der Waals surface area contributed by atoms with E-state index >= 15 is 0 Å². The molecule has 3 amide bonds. The Morgan fingerprint density at radius 3 is 2.36 bits per heavy atom. The van der Waals surface area contributed by atoms with Crippen LogP contribution in [0.3, 0.4) is 0 Å². The summed E-state index contributed by atoms with van der Waals surface area (Å²) in [7, 11) is 0. The van der Waals surface area contributed by atoms with Gasteiger partial charge in [0.15, 0.2) is 0 Å². The highest BCUT2D eigenvalue weighted by Crippen LogP contribution is 2.65. The van der Waals surface area contributed by atoms with Gasteiger partial charge in [-0.25, -0.2) is 0 Å². The van der Waals surface area contributed by atoms with E-state index in [0.29, 0.717) is 17.5 Å². The predicted molar refractivity (Wildman–Crippen MR) is 99.2 cm³/mol. The number of anilines is 1. The molecule has 1 aromatic rings. The van der Waals surface area contributed by atoms with Crippen molar-refractivity contribution in [1.29, 1.82) is 0 Å². The Balaban J connectivity index is 1.33. The van der Waals surface area contributed by atoms with E-state index in [1.807, 2.05) is 18.2 Å². The fourth-order valence-electron chi connectivity index (χ4n) is 5.08. The summed E-state index contributed by atoms with van der Waals surface area (Å²) >= 11 is 2.17. The van der Waals surface area contributed by atoms with Crippen molar-refractivity contribution >= 4 is 46.0 Å². The van der Waals surface area contributed by atoms with E-state index in [2.05, 4.69) is 40.1 Å². The highest BCUT2D eigenvalue weighted by Gasteiger charge is 2.67. The van der Waals surface area contributed by atoms with Crippen LogP contribution >= 0.6 is 22.6 Å². The Morgan fingerprint density at radius 1 is 1.12 bits per heavy atom. The first-order valence-electron chi connectivity index (χ1n) is 8.63. The van der Waals surface area contributed by atoms with E-state index in [4.69, 9.17) is 0 Å². The normalized spacial score (nSPS) is 37.1. The number of nitrogens with zero attached hydrogens (tertiary/aromatic N) is 1. The number of halogens is 1. The van der Waals surface area contributed by atoms with E-state index < -0.39 is 0 Å². The lowest BCUT2D eigenvalue weighted by Crippen LogP contribution is -2.40. The summed E-state index contributed by atoms with van der Waals surface area (Å²) in [5.41, 5.74) is 0.677. The van der Waals surface area contributed by atoms with Gasteiger partial charge in [0.1, 0.15) is 6.54 Å². The summed E-state index contributed by atoms with van der Waals surface area (Å²) in [4.78, 5) is 39.2. The first kappa shape index (κ1) is 15.5. The number of likely N-dealkylation sites (tertiary alicyclic amines) is 1. The Labute approximate surface area is 159 Å². The van der Waals surface area contributed by atoms with Gasteiger partial charge < -0.3 is 5.32 Å². The predicted octanol–water partition coefficient (Wildman–Crippen LogP) is 2.28. The summed E-state index contributed by atoms with van der Waals surface area (Å²) in [6, 6.07) is 7.44. The minimum absolute atomic E-state index is 0.155. The number of hydrogen-bond donors (Lipinski definition) is 1. The number of carbonyl (C=O) groups is 3. The average Bonchev–Trinajstić information content (AvgIpc) is 3.36. The maximum Gasteiger partial charge on any atom is 0.244 e. The molecule has 6 atom stereocenters. The number of nitrogens with one attached hydrogen (secondary N) is 1. The third-order valence-electron chi connectivity index (χ3n) is 6.16. The molecular weight excluding hydrogens is 431 g/mol. The molecule has 5 aliphatic rings. The molecule has 1 saturated heterocycles. The van der Waals surface area contributed by atoms with E-state index in [9.17, 15) is 14.4 Å². The summed E-state index contributed by atoms with van der Waals surface area (Å²) in [5.74, 6) is 0.429. The van der Waals surface area contributed by atoms with Gasteiger partial charge >= 0.3 is 0 Å². The van der Waals surface area contributed by atoms with Crippen LogP contribution in [-0.4, -0.2) is 29.2 Å². The van der Waals surface area contributed by atoms with Gasteiger partial charge in [0.25, 0.3) is 0 Å². The van der Waals surface area contributed by atoms with Crippen molar-refractivity contribution < 1.29 is 14.4 Å². The molecule has 1 N–H and O–H groups in total. The lowest BCUT2D eigenvalue weighted by atomic mass is 9.63. The molecule has 1 aliphatic heterocycles. The molecular formula is C19H17IN2O3. The maximum absolute atomic E-state index is 12.8. The average molecular weight is 448 g/mol. The molecule has 1 heterocycles. The van der Waals surface area contributed by atoms with Gasteiger partial charge in [-0.1, -0.05) is 18.2 Å². The van der Waals surface area contributed by atoms with Gasteiger partial charge in [-0.3, -0.25) is 19.3 Å². The quantitative estimate of drug-likeness (QED) is 0.439. The van der Waals surface area contributed by atoms with Crippen molar-refractivity contribution in [2.24, 2.45) is 35.5 Å². The molecule has 1 aromatic carbocycles. The lowest BCUT2D eigenvalue weighted by molar-refractivity contribution is -0.142. The van der Waals surface area contributed by atoms with Gasteiger partial charge in [0.2, 0.25) is 17.7 Å². The highest BCUT2D eigenvalue weighted by molar-refractivity contribution is 14.1. The largest absolute Gasteiger partial charge is 0.324 e. The number of rotatable bonds is 3. The summed E-state index contributed by atoms with van der Waals surface area (Å²) in [5, 5.41) is 2.78. The van der Waals surface area contributed by atoms with Crippen LogP contribution in [-0.2, 0) is 14.4 Å². The topological polar surface area (TPSA) is 66.5 Å². The van der Waals surface area contributed by atoms with Gasteiger partial charge in [-0.05, 0) is 70.9 Å². The van der Waals surface area contributed by atoms with Gasteiger partial charge in [-0.15, -0.1) is 0 Å². The van der Waals surface area contributed by atoms with E-state index in [1.165, 1.54) is 4.90 Å². The molecule has 0 unspecified atom stereocenters. The number of imide groups is 1. The van der Waals surface area contributed by atoms with Crippen molar-refractivity contribution in [2.75, 3.05) is 11.9 Å². The van der Waals surface area contributed by atoms with E-state index in [-0.39, 0.29) is 47.9 Å². The Morgan fingerprint density at radius 2 is 1.76 bits per heavy atom. The summed E-state index contributed by atoms with van der Waals surface area (Å²) in [6.45, 7) is -0.190. The SMILES string of the molecule is O=C(CN1C(=O)[C@@H]2[C@H]3C=C[C@@H]([C@@H]4C[C@@H]34)[C@@H]2C1=O)Nc1cccc(I)c1. The van der Waals surface area contributed by atoms with Gasteiger partial charge in [0.05, 0.1) is 11.8 Å². The molecule has 0 aromatic heterocycles. The summed E-state index contributed by atoms with van der Waals surface area (Å²) in [6.07, 6.45) is 5.42.